The Labute approximate surface area is 192 Å². The Morgan fingerprint density at radius 2 is 1.35 bits per heavy atom. The smallest absolute Gasteiger partial charge is 0.123 e. The van der Waals surface area contributed by atoms with Crippen molar-refractivity contribution in [2.45, 2.75) is 25.2 Å². The lowest BCUT2D eigenvalue weighted by atomic mass is 9.76. The molecule has 0 amide bonds. The first-order valence-corrected chi connectivity index (χ1v) is 11.0. The molecule has 1 fully saturated rings. The Hall–Kier alpha value is -2.42. The normalized spacial score (nSPS) is 15.3. The van der Waals surface area contributed by atoms with Gasteiger partial charge in [0.15, 0.2) is 0 Å². The molecule has 0 atom stereocenters. The van der Waals surface area contributed by atoms with Crippen LogP contribution in [0.1, 0.15) is 41.9 Å². The summed E-state index contributed by atoms with van der Waals surface area (Å²) in [5.41, 5.74) is 3.93. The molecule has 0 aromatic heterocycles. The van der Waals surface area contributed by atoms with Crippen LogP contribution in [0.2, 0.25) is 0 Å². The van der Waals surface area contributed by atoms with E-state index in [9.17, 15) is 4.39 Å². The summed E-state index contributed by atoms with van der Waals surface area (Å²) in [4.78, 5) is 2.58. The highest BCUT2D eigenvalue weighted by Crippen LogP contribution is 2.37. The second-order valence-electron chi connectivity index (χ2n) is 8.22. The van der Waals surface area contributed by atoms with Gasteiger partial charge in [0.05, 0.1) is 0 Å². The molecule has 1 aliphatic rings. The third-order valence-corrected chi connectivity index (χ3v) is 6.21. The second kappa shape index (κ2) is 11.8. The van der Waals surface area contributed by atoms with Gasteiger partial charge in [-0.15, -0.1) is 12.4 Å². The van der Waals surface area contributed by atoms with Crippen LogP contribution in [0.25, 0.3) is 6.08 Å². The number of benzene rings is 3. The van der Waals surface area contributed by atoms with Crippen LogP contribution in [0.3, 0.4) is 0 Å². The summed E-state index contributed by atoms with van der Waals surface area (Å²) in [6, 6.07) is 28.7. The minimum Gasteiger partial charge on any atom is -0.303 e. The number of nitrogens with zero attached hydrogens (tertiary/aromatic N) is 1. The Morgan fingerprint density at radius 3 is 1.90 bits per heavy atom. The molecule has 0 saturated carbocycles. The predicted octanol–water partition coefficient (Wildman–Crippen LogP) is 7.19. The highest BCUT2D eigenvalue weighted by Gasteiger charge is 2.28. The molecule has 1 saturated heterocycles. The predicted molar refractivity (Wildman–Crippen MR) is 131 cm³/mol. The fourth-order valence-electron chi connectivity index (χ4n) is 4.62. The molecule has 162 valence electrons. The van der Waals surface area contributed by atoms with Crippen molar-refractivity contribution in [3.05, 3.63) is 114 Å². The van der Waals surface area contributed by atoms with Gasteiger partial charge < -0.3 is 4.90 Å². The van der Waals surface area contributed by atoms with Crippen LogP contribution >= 0.6 is 12.4 Å². The van der Waals surface area contributed by atoms with Gasteiger partial charge in [0.1, 0.15) is 5.82 Å². The van der Waals surface area contributed by atoms with E-state index < -0.39 is 0 Å². The molecule has 4 rings (SSSR count). The number of likely N-dealkylation sites (tertiary alicyclic amines) is 1. The van der Waals surface area contributed by atoms with E-state index >= 15 is 0 Å². The number of halogens is 2. The zero-order valence-corrected chi connectivity index (χ0v) is 18.7. The van der Waals surface area contributed by atoms with Gasteiger partial charge in [-0.3, -0.25) is 0 Å². The largest absolute Gasteiger partial charge is 0.303 e. The molecule has 3 heteroatoms. The summed E-state index contributed by atoms with van der Waals surface area (Å²) in [5, 5.41) is 0. The Balaban J connectivity index is 0.00000272. The lowest BCUT2D eigenvalue weighted by Crippen LogP contribution is -2.36. The maximum atomic E-state index is 13.0. The molecule has 0 spiro atoms. The molecular formula is C28H31ClFN. The monoisotopic (exact) mass is 435 g/mol. The maximum Gasteiger partial charge on any atom is 0.123 e. The van der Waals surface area contributed by atoms with Crippen LogP contribution in [0, 0.1) is 11.7 Å². The van der Waals surface area contributed by atoms with Crippen LogP contribution < -0.4 is 0 Å². The molecule has 3 aromatic carbocycles. The van der Waals surface area contributed by atoms with Gasteiger partial charge in [0, 0.05) is 12.5 Å². The van der Waals surface area contributed by atoms with Gasteiger partial charge in [-0.25, -0.2) is 4.39 Å². The van der Waals surface area contributed by atoms with E-state index in [1.165, 1.54) is 36.1 Å². The molecule has 31 heavy (non-hydrogen) atoms. The highest BCUT2D eigenvalue weighted by atomic mass is 35.5. The van der Waals surface area contributed by atoms with Crippen molar-refractivity contribution in [2.24, 2.45) is 5.92 Å². The van der Waals surface area contributed by atoms with E-state index in [4.69, 9.17) is 0 Å². The van der Waals surface area contributed by atoms with Gasteiger partial charge in [0.2, 0.25) is 0 Å². The minimum absolute atomic E-state index is 0. The van der Waals surface area contributed by atoms with Crippen LogP contribution in [-0.2, 0) is 0 Å². The summed E-state index contributed by atoms with van der Waals surface area (Å²) in [7, 11) is 0. The minimum atomic E-state index is -0.181. The topological polar surface area (TPSA) is 3.24 Å². The molecule has 1 heterocycles. The SMILES string of the molecule is Cl.Fc1ccc(C=CCCN2CCC(C(c3ccccc3)c3ccccc3)CC2)cc1. The molecule has 3 aromatic rings. The van der Waals surface area contributed by atoms with Crippen molar-refractivity contribution in [1.82, 2.24) is 4.90 Å². The third kappa shape index (κ3) is 6.53. The highest BCUT2D eigenvalue weighted by molar-refractivity contribution is 5.85. The Morgan fingerprint density at radius 1 is 0.806 bits per heavy atom. The molecular weight excluding hydrogens is 405 g/mol. The van der Waals surface area contributed by atoms with Crippen molar-refractivity contribution in [2.75, 3.05) is 19.6 Å². The lowest BCUT2D eigenvalue weighted by molar-refractivity contribution is 0.178. The Bertz CT molecular complexity index is 877. The van der Waals surface area contributed by atoms with Crippen molar-refractivity contribution < 1.29 is 4.39 Å². The van der Waals surface area contributed by atoms with Crippen molar-refractivity contribution >= 4 is 18.5 Å². The first-order valence-electron chi connectivity index (χ1n) is 11.0. The zero-order chi connectivity index (χ0) is 20.6. The van der Waals surface area contributed by atoms with Crippen LogP contribution in [0.15, 0.2) is 91.0 Å². The van der Waals surface area contributed by atoms with E-state index in [2.05, 4.69) is 77.7 Å². The van der Waals surface area contributed by atoms with E-state index in [0.29, 0.717) is 11.8 Å². The van der Waals surface area contributed by atoms with Crippen molar-refractivity contribution in [3.63, 3.8) is 0 Å². The van der Waals surface area contributed by atoms with E-state index in [-0.39, 0.29) is 18.2 Å². The summed E-state index contributed by atoms with van der Waals surface area (Å²) >= 11 is 0. The van der Waals surface area contributed by atoms with E-state index in [0.717, 1.165) is 31.6 Å². The number of piperidine rings is 1. The molecule has 0 N–H and O–H groups in total. The van der Waals surface area contributed by atoms with Crippen LogP contribution in [-0.4, -0.2) is 24.5 Å². The fourth-order valence-corrected chi connectivity index (χ4v) is 4.62. The standard InChI is InChI=1S/C28H30FN.ClH/c29-27-16-14-23(15-17-27)9-7-8-20-30-21-18-26(19-22-30)28(24-10-3-1-4-11-24)25-12-5-2-6-13-25;/h1-7,9-17,26,28H,8,18-22H2;1H. The lowest BCUT2D eigenvalue weighted by Gasteiger charge is -2.36. The van der Waals surface area contributed by atoms with Gasteiger partial charge in [-0.1, -0.05) is 84.9 Å². The molecule has 0 bridgehead atoms. The molecule has 1 nitrogen and oxygen atoms in total. The molecule has 0 aliphatic carbocycles. The summed E-state index contributed by atoms with van der Waals surface area (Å²) < 4.78 is 13.0. The van der Waals surface area contributed by atoms with Crippen molar-refractivity contribution in [1.29, 1.82) is 0 Å². The van der Waals surface area contributed by atoms with Gasteiger partial charge in [0.25, 0.3) is 0 Å². The van der Waals surface area contributed by atoms with E-state index in [1.54, 1.807) is 0 Å². The van der Waals surface area contributed by atoms with Crippen LogP contribution in [0.4, 0.5) is 4.39 Å². The number of hydrogen-bond acceptors (Lipinski definition) is 1. The average Bonchev–Trinajstić information content (AvgIpc) is 2.80. The summed E-state index contributed by atoms with van der Waals surface area (Å²) in [6.45, 7) is 3.40. The van der Waals surface area contributed by atoms with Gasteiger partial charge in [-0.05, 0) is 67.1 Å². The third-order valence-electron chi connectivity index (χ3n) is 6.21. The second-order valence-corrected chi connectivity index (χ2v) is 8.22. The average molecular weight is 436 g/mol. The van der Waals surface area contributed by atoms with Gasteiger partial charge >= 0.3 is 0 Å². The molecule has 0 unspecified atom stereocenters. The first-order chi connectivity index (χ1) is 14.8. The molecule has 0 radical (unpaired) electrons. The quantitative estimate of drug-likeness (QED) is 0.379. The first kappa shape index (κ1) is 23.2. The van der Waals surface area contributed by atoms with Crippen molar-refractivity contribution in [3.8, 4) is 0 Å². The molecule has 1 aliphatic heterocycles. The van der Waals surface area contributed by atoms with E-state index in [1.807, 2.05) is 12.1 Å². The summed E-state index contributed by atoms with van der Waals surface area (Å²) in [6.07, 6.45) is 7.79. The Kier molecular flexibility index (Phi) is 8.87. The van der Waals surface area contributed by atoms with Crippen LogP contribution in [0.5, 0.6) is 0 Å². The maximum absolute atomic E-state index is 13.0. The summed E-state index contributed by atoms with van der Waals surface area (Å²) in [5.74, 6) is 0.980. The van der Waals surface area contributed by atoms with Gasteiger partial charge in [-0.2, -0.15) is 0 Å². The number of rotatable bonds is 7. The fraction of sp³-hybridized carbons (Fsp3) is 0.286. The zero-order valence-electron chi connectivity index (χ0n) is 17.9. The number of hydrogen-bond donors (Lipinski definition) is 0.